The molecule has 0 aromatic carbocycles. The van der Waals surface area contributed by atoms with E-state index in [1.165, 1.54) is 0 Å². The van der Waals surface area contributed by atoms with E-state index in [1.807, 2.05) is 0 Å². The van der Waals surface area contributed by atoms with Crippen LogP contribution in [0.25, 0.3) is 11.1 Å². The maximum atomic E-state index is 10.5. The van der Waals surface area contributed by atoms with Crippen LogP contribution in [0.4, 0.5) is 0 Å². The maximum Gasteiger partial charge on any atom is 0.402 e. The quantitative estimate of drug-likeness (QED) is 0.247. The summed E-state index contributed by atoms with van der Waals surface area (Å²) in [5.74, 6) is -0.825. The molecule has 156 valence electrons. The van der Waals surface area contributed by atoms with Gasteiger partial charge in [0, 0.05) is 11.0 Å². The molecule has 0 bridgehead atoms. The van der Waals surface area contributed by atoms with Crippen molar-refractivity contribution in [1.82, 2.24) is 0 Å². The largest absolute Gasteiger partial charge is 0.502 e. The molecular formula is C12H8N8O10. The van der Waals surface area contributed by atoms with Crippen LogP contribution in [-0.2, 0) is 0 Å². The van der Waals surface area contributed by atoms with Gasteiger partial charge in [-0.05, 0) is 6.08 Å². The Bertz CT molecular complexity index is 1040. The van der Waals surface area contributed by atoms with Gasteiger partial charge in [-0.15, -0.1) is 0 Å². The minimum absolute atomic E-state index is 0.510. The van der Waals surface area contributed by atoms with Crippen molar-refractivity contribution in [2.75, 3.05) is 0 Å². The van der Waals surface area contributed by atoms with Crippen molar-refractivity contribution >= 4 is 11.4 Å². The molecular weight excluding hydrogens is 416 g/mol. The minimum atomic E-state index is -1.96. The molecule has 18 heteroatoms. The van der Waals surface area contributed by atoms with Gasteiger partial charge < -0.3 is 21.3 Å². The van der Waals surface area contributed by atoms with E-state index in [1.54, 1.807) is 0 Å². The van der Waals surface area contributed by atoms with Gasteiger partial charge in [-0.25, -0.2) is 0 Å². The fourth-order valence-corrected chi connectivity index (χ4v) is 2.11. The molecule has 30 heavy (non-hydrogen) atoms. The van der Waals surface area contributed by atoms with Crippen LogP contribution in [0.15, 0.2) is 47.2 Å². The van der Waals surface area contributed by atoms with Crippen molar-refractivity contribution in [1.29, 1.82) is 0 Å². The summed E-state index contributed by atoms with van der Waals surface area (Å²) < 4.78 is 0. The van der Waals surface area contributed by atoms with E-state index < -0.39 is 66.1 Å². The number of rotatable bonds is 4. The third-order valence-electron chi connectivity index (χ3n) is 3.43. The summed E-state index contributed by atoms with van der Waals surface area (Å²) >= 11 is 0. The molecule has 2 aliphatic rings. The number of hydrogen-bond donors (Lipinski definition) is 2. The van der Waals surface area contributed by atoms with Crippen molar-refractivity contribution in [2.24, 2.45) is 0 Å². The Morgan fingerprint density at radius 3 is 1.83 bits per heavy atom. The van der Waals surface area contributed by atoms with Crippen LogP contribution >= 0.6 is 0 Å². The topological polar surface area (TPSA) is 286 Å². The highest BCUT2D eigenvalue weighted by atomic mass is 16.6. The second kappa shape index (κ2) is 9.33. The first-order valence-corrected chi connectivity index (χ1v) is 7.19. The summed E-state index contributed by atoms with van der Waals surface area (Å²) in [6.07, 6.45) is 1.37. The van der Waals surface area contributed by atoms with Crippen molar-refractivity contribution < 1.29 is 39.5 Å². The Balaban J connectivity index is 0.000000300. The summed E-state index contributed by atoms with van der Waals surface area (Å²) in [7, 11) is 0. The predicted octanol–water partition coefficient (Wildman–Crippen LogP) is -0.728. The standard InChI is InChI=1S/2C6H4N4O5/c7-8-4-1-3(9(12)13)2-5(6(4)11)10(14)15;7-8-3-1-2-4(11)6(10(14)15)5(3)9(12)13/h1-2,6,11H;1-2,5,11H. The third kappa shape index (κ3) is 4.87. The highest BCUT2D eigenvalue weighted by Gasteiger charge is 2.49. The van der Waals surface area contributed by atoms with E-state index >= 15 is 0 Å². The van der Waals surface area contributed by atoms with Crippen molar-refractivity contribution in [3.05, 3.63) is 98.7 Å². The molecule has 2 aliphatic carbocycles. The molecule has 2 unspecified atom stereocenters. The van der Waals surface area contributed by atoms with E-state index in [9.17, 15) is 45.6 Å². The number of nitro groups is 4. The number of nitrogens with zero attached hydrogens (tertiary/aromatic N) is 8. The molecule has 0 spiro atoms. The molecule has 2 rings (SSSR count). The lowest BCUT2D eigenvalue weighted by Crippen LogP contribution is -2.36. The molecule has 2 N–H and O–H groups in total. The lowest BCUT2D eigenvalue weighted by molar-refractivity contribution is -0.542. The van der Waals surface area contributed by atoms with Crippen molar-refractivity contribution in [3.8, 4) is 0 Å². The Morgan fingerprint density at radius 2 is 1.43 bits per heavy atom. The Hall–Kier alpha value is -4.92. The molecule has 0 aliphatic heterocycles. The fraction of sp³-hybridized carbons (Fsp3) is 0.167. The highest BCUT2D eigenvalue weighted by molar-refractivity contribution is 5.98. The van der Waals surface area contributed by atoms with Gasteiger partial charge in [-0.1, -0.05) is 0 Å². The highest BCUT2D eigenvalue weighted by Crippen LogP contribution is 2.18. The normalized spacial score (nSPS) is 20.0. The molecule has 18 nitrogen and oxygen atoms in total. The molecule has 0 aromatic heterocycles. The van der Waals surface area contributed by atoms with Gasteiger partial charge >= 0.3 is 23.2 Å². The number of aliphatic hydroxyl groups is 2. The average Bonchev–Trinajstić information content (AvgIpc) is 2.67. The van der Waals surface area contributed by atoms with Crippen LogP contribution in [0.5, 0.6) is 0 Å². The van der Waals surface area contributed by atoms with Gasteiger partial charge in [0.25, 0.3) is 11.4 Å². The first-order valence-electron chi connectivity index (χ1n) is 7.19. The lowest BCUT2D eigenvalue weighted by atomic mass is 10.0. The zero-order valence-corrected chi connectivity index (χ0v) is 14.2. The SMILES string of the molecule is [N-]=[N+]=C1C=C([N+](=O)[O-])C=C([N+](=O)[O-])C1O.[N-]=[N+]=C1C=CC(O)=C([N+](=O)[O-])C1[N+](=O)[O-]. The molecule has 0 amide bonds. The molecule has 0 radical (unpaired) electrons. The zero-order valence-electron chi connectivity index (χ0n) is 14.2. The maximum absolute atomic E-state index is 10.5. The molecule has 2 atom stereocenters. The van der Waals surface area contributed by atoms with Gasteiger partial charge in [0.15, 0.2) is 5.76 Å². The summed E-state index contributed by atoms with van der Waals surface area (Å²) in [6.45, 7) is 0. The molecule has 0 heterocycles. The summed E-state index contributed by atoms with van der Waals surface area (Å²) in [5, 5.41) is 60.0. The number of hydrogen-bond acceptors (Lipinski definition) is 10. The molecule has 0 saturated carbocycles. The fourth-order valence-electron chi connectivity index (χ4n) is 2.11. The van der Waals surface area contributed by atoms with E-state index in [0.29, 0.717) is 6.08 Å². The van der Waals surface area contributed by atoms with Crippen LogP contribution in [-0.4, -0.2) is 63.1 Å². The van der Waals surface area contributed by atoms with Crippen molar-refractivity contribution in [3.63, 3.8) is 0 Å². The van der Waals surface area contributed by atoms with E-state index in [4.69, 9.17) is 16.2 Å². The van der Waals surface area contributed by atoms with Crippen LogP contribution in [0.3, 0.4) is 0 Å². The van der Waals surface area contributed by atoms with E-state index in [-0.39, 0.29) is 0 Å². The monoisotopic (exact) mass is 424 g/mol. The Kier molecular flexibility index (Phi) is 7.19. The predicted molar refractivity (Wildman–Crippen MR) is 90.0 cm³/mol. The molecule has 0 aromatic rings. The van der Waals surface area contributed by atoms with Gasteiger partial charge in [0.1, 0.15) is 6.08 Å². The second-order valence-corrected chi connectivity index (χ2v) is 5.15. The second-order valence-electron chi connectivity index (χ2n) is 5.15. The van der Waals surface area contributed by atoms with Gasteiger partial charge in [0.2, 0.25) is 6.10 Å². The van der Waals surface area contributed by atoms with E-state index in [2.05, 4.69) is 9.58 Å². The number of aliphatic hydroxyl groups excluding tert-OH is 2. The van der Waals surface area contributed by atoms with Gasteiger partial charge in [0.05, 0.1) is 20.8 Å². The molecule has 0 saturated heterocycles. The van der Waals surface area contributed by atoms with E-state index in [0.717, 1.165) is 18.2 Å². The minimum Gasteiger partial charge on any atom is -0.502 e. The third-order valence-corrected chi connectivity index (χ3v) is 3.43. The van der Waals surface area contributed by atoms with Crippen LogP contribution in [0.1, 0.15) is 0 Å². The number of allylic oxidation sites excluding steroid dienone is 2. The smallest absolute Gasteiger partial charge is 0.402 e. The first-order chi connectivity index (χ1) is 14.0. The van der Waals surface area contributed by atoms with Crippen LogP contribution < -0.4 is 0 Å². The Labute approximate surface area is 162 Å². The summed E-state index contributed by atoms with van der Waals surface area (Å²) in [5.41, 5.74) is 13.3. The first kappa shape index (κ1) is 23.1. The Morgan fingerprint density at radius 1 is 0.867 bits per heavy atom. The summed E-state index contributed by atoms with van der Waals surface area (Å²) in [4.78, 5) is 42.8. The van der Waals surface area contributed by atoms with Crippen LogP contribution in [0, 0.1) is 40.5 Å². The lowest BCUT2D eigenvalue weighted by Gasteiger charge is -2.05. The van der Waals surface area contributed by atoms with Crippen molar-refractivity contribution in [2.45, 2.75) is 12.1 Å². The molecule has 0 fully saturated rings. The average molecular weight is 424 g/mol. The van der Waals surface area contributed by atoms with Crippen LogP contribution in [0.2, 0.25) is 0 Å². The summed E-state index contributed by atoms with van der Waals surface area (Å²) in [6, 6.07) is -1.96. The van der Waals surface area contributed by atoms with Gasteiger partial charge in [-0.3, -0.25) is 40.5 Å². The van der Waals surface area contributed by atoms with Gasteiger partial charge in [-0.2, -0.15) is 9.58 Å². The zero-order chi connectivity index (χ0) is 23.2.